The summed E-state index contributed by atoms with van der Waals surface area (Å²) in [7, 11) is 0. The van der Waals surface area contributed by atoms with Crippen LogP contribution in [0.5, 0.6) is 0 Å². The molecule has 0 bridgehead atoms. The smallest absolute Gasteiger partial charge is 0 e. The number of rotatable bonds is 3. The Hall–Kier alpha value is 0.623. The fraction of sp³-hybridized carbons (Fsp3) is 0.857. The molecule has 0 aliphatic carbocycles. The first-order valence-corrected chi connectivity index (χ1v) is 3.10. The summed E-state index contributed by atoms with van der Waals surface area (Å²) in [5, 5.41) is 0. The molecule has 1 heteroatoms. The maximum atomic E-state index is 2.35. The van der Waals surface area contributed by atoms with Gasteiger partial charge in [0, 0.05) is 19.5 Å². The SMILES string of the molecule is CCC[CH-]C(C)C.[Zn]. The summed E-state index contributed by atoms with van der Waals surface area (Å²) in [6, 6.07) is 0. The van der Waals surface area contributed by atoms with Crippen molar-refractivity contribution in [1.29, 1.82) is 0 Å². The Morgan fingerprint density at radius 1 is 1.38 bits per heavy atom. The monoisotopic (exact) mass is 163 g/mol. The van der Waals surface area contributed by atoms with E-state index in [0.29, 0.717) is 0 Å². The third-order valence-electron chi connectivity index (χ3n) is 0.927. The van der Waals surface area contributed by atoms with E-state index in [2.05, 4.69) is 27.2 Å². The van der Waals surface area contributed by atoms with Crippen LogP contribution >= 0.6 is 0 Å². The largest absolute Gasteiger partial charge is 0.326 e. The second kappa shape index (κ2) is 7.62. The summed E-state index contributed by atoms with van der Waals surface area (Å²) >= 11 is 0. The van der Waals surface area contributed by atoms with Crippen molar-refractivity contribution in [1.82, 2.24) is 0 Å². The van der Waals surface area contributed by atoms with Gasteiger partial charge >= 0.3 is 0 Å². The van der Waals surface area contributed by atoms with Crippen LogP contribution in [-0.2, 0) is 19.5 Å². The molecule has 0 fully saturated rings. The summed E-state index contributed by atoms with van der Waals surface area (Å²) in [5.41, 5.74) is 0. The van der Waals surface area contributed by atoms with Crippen LogP contribution in [-0.4, -0.2) is 0 Å². The fourth-order valence-electron chi connectivity index (χ4n) is 0.500. The van der Waals surface area contributed by atoms with Crippen LogP contribution in [0.2, 0.25) is 0 Å². The minimum atomic E-state index is 0. The second-order valence-corrected chi connectivity index (χ2v) is 2.27. The summed E-state index contributed by atoms with van der Waals surface area (Å²) < 4.78 is 0. The molecular weight excluding hydrogens is 149 g/mol. The zero-order chi connectivity index (χ0) is 5.70. The molecule has 0 aromatic rings. The van der Waals surface area contributed by atoms with E-state index >= 15 is 0 Å². The van der Waals surface area contributed by atoms with E-state index in [1.165, 1.54) is 12.8 Å². The molecule has 0 heterocycles. The van der Waals surface area contributed by atoms with E-state index in [1.807, 2.05) is 0 Å². The Morgan fingerprint density at radius 3 is 2.00 bits per heavy atom. The summed E-state index contributed by atoms with van der Waals surface area (Å²) in [4.78, 5) is 0. The van der Waals surface area contributed by atoms with Gasteiger partial charge in [-0.25, -0.2) is 0 Å². The Kier molecular flexibility index (Phi) is 10.9. The average molecular weight is 165 g/mol. The third-order valence-corrected chi connectivity index (χ3v) is 0.927. The van der Waals surface area contributed by atoms with Gasteiger partial charge in [-0.05, 0) is 0 Å². The predicted molar refractivity (Wildman–Crippen MR) is 34.0 cm³/mol. The van der Waals surface area contributed by atoms with Gasteiger partial charge in [-0.1, -0.05) is 27.2 Å². The molecule has 0 aromatic carbocycles. The molecule has 46 valence electrons. The van der Waals surface area contributed by atoms with Crippen LogP contribution in [0.1, 0.15) is 33.6 Å². The molecule has 0 unspecified atom stereocenters. The van der Waals surface area contributed by atoms with Crippen molar-refractivity contribution >= 4 is 0 Å². The molecule has 0 atom stereocenters. The molecule has 0 amide bonds. The molecule has 0 saturated carbocycles. The Bertz CT molecular complexity index is 33.4. The van der Waals surface area contributed by atoms with E-state index in [0.717, 1.165) is 5.92 Å². The molecule has 0 radical (unpaired) electrons. The summed E-state index contributed by atoms with van der Waals surface area (Å²) in [6.07, 6.45) is 4.91. The maximum Gasteiger partial charge on any atom is 0 e. The third kappa shape index (κ3) is 9.80. The quantitative estimate of drug-likeness (QED) is 0.445. The van der Waals surface area contributed by atoms with Crippen LogP contribution in [0.15, 0.2) is 0 Å². The number of hydrogen-bond acceptors (Lipinski definition) is 0. The minimum absolute atomic E-state index is 0. The molecule has 0 aliphatic heterocycles. The first-order chi connectivity index (χ1) is 3.27. The van der Waals surface area contributed by atoms with Gasteiger partial charge < -0.3 is 6.42 Å². The second-order valence-electron chi connectivity index (χ2n) is 2.27. The van der Waals surface area contributed by atoms with Crippen LogP contribution < -0.4 is 0 Å². The Balaban J connectivity index is 0. The van der Waals surface area contributed by atoms with Gasteiger partial charge in [-0.3, -0.25) is 0 Å². The van der Waals surface area contributed by atoms with Crippen LogP contribution in [0.4, 0.5) is 0 Å². The Labute approximate surface area is 65.8 Å². The number of hydrogen-bond donors (Lipinski definition) is 0. The standard InChI is InChI=1S/C7H15.Zn/c1-4-5-6-7(2)3;/h6-7H,4-5H2,1-3H3;/q-1;. The van der Waals surface area contributed by atoms with E-state index in [9.17, 15) is 0 Å². The van der Waals surface area contributed by atoms with Crippen molar-refractivity contribution in [3.05, 3.63) is 6.42 Å². The summed E-state index contributed by atoms with van der Waals surface area (Å²) in [6.45, 7) is 6.64. The number of unbranched alkanes of at least 4 members (excludes halogenated alkanes) is 1. The maximum absolute atomic E-state index is 2.35. The van der Waals surface area contributed by atoms with Gasteiger partial charge in [0.15, 0.2) is 0 Å². The molecule has 0 spiro atoms. The molecule has 0 aliphatic rings. The van der Waals surface area contributed by atoms with E-state index < -0.39 is 0 Å². The van der Waals surface area contributed by atoms with Crippen LogP contribution in [0.25, 0.3) is 0 Å². The van der Waals surface area contributed by atoms with Crippen molar-refractivity contribution in [2.75, 3.05) is 0 Å². The summed E-state index contributed by atoms with van der Waals surface area (Å²) in [5.74, 6) is 0.778. The topological polar surface area (TPSA) is 0 Å². The van der Waals surface area contributed by atoms with Crippen molar-refractivity contribution in [3.8, 4) is 0 Å². The Morgan fingerprint density at radius 2 is 1.88 bits per heavy atom. The molecule has 8 heavy (non-hydrogen) atoms. The molecule has 0 nitrogen and oxygen atoms in total. The average Bonchev–Trinajstić information content (AvgIpc) is 1.61. The van der Waals surface area contributed by atoms with Gasteiger partial charge in [0.1, 0.15) is 0 Å². The molecule has 0 N–H and O–H groups in total. The van der Waals surface area contributed by atoms with Gasteiger partial charge in [-0.2, -0.15) is 12.3 Å². The first-order valence-electron chi connectivity index (χ1n) is 3.10. The van der Waals surface area contributed by atoms with Crippen molar-refractivity contribution in [3.63, 3.8) is 0 Å². The van der Waals surface area contributed by atoms with Gasteiger partial charge in [0.05, 0.1) is 0 Å². The molecule has 0 saturated heterocycles. The van der Waals surface area contributed by atoms with Gasteiger partial charge in [0.2, 0.25) is 0 Å². The fourth-order valence-corrected chi connectivity index (χ4v) is 0.500. The van der Waals surface area contributed by atoms with Crippen LogP contribution in [0.3, 0.4) is 0 Å². The zero-order valence-corrected chi connectivity index (χ0v) is 9.24. The first kappa shape index (κ1) is 11.4. The van der Waals surface area contributed by atoms with Gasteiger partial charge in [0.25, 0.3) is 0 Å². The normalized spacial score (nSPS) is 9.00. The van der Waals surface area contributed by atoms with Crippen molar-refractivity contribution in [2.24, 2.45) is 5.92 Å². The predicted octanol–water partition coefficient (Wildman–Crippen LogP) is 2.64. The molecule has 0 aromatic heterocycles. The molecular formula is C7H15Zn-. The van der Waals surface area contributed by atoms with Gasteiger partial charge in [-0.15, -0.1) is 0 Å². The van der Waals surface area contributed by atoms with E-state index in [1.54, 1.807) is 0 Å². The van der Waals surface area contributed by atoms with E-state index in [-0.39, 0.29) is 19.5 Å². The van der Waals surface area contributed by atoms with Crippen molar-refractivity contribution in [2.45, 2.75) is 33.6 Å². The molecule has 0 rings (SSSR count). The minimum Gasteiger partial charge on any atom is -0.326 e. The zero-order valence-electron chi connectivity index (χ0n) is 6.28. The van der Waals surface area contributed by atoms with E-state index in [4.69, 9.17) is 0 Å². The van der Waals surface area contributed by atoms with Crippen LogP contribution in [0, 0.1) is 12.3 Å². The van der Waals surface area contributed by atoms with Crippen molar-refractivity contribution < 1.29 is 19.5 Å².